The van der Waals surface area contributed by atoms with E-state index >= 15 is 0 Å². The normalized spacial score (nSPS) is 10.4. The highest BCUT2D eigenvalue weighted by Gasteiger charge is 1.97. The third-order valence-corrected chi connectivity index (χ3v) is 1.74. The first kappa shape index (κ1) is 12.2. The predicted octanol–water partition coefficient (Wildman–Crippen LogP) is -0.0753. The minimum atomic E-state index is -0.954. The summed E-state index contributed by atoms with van der Waals surface area (Å²) in [6, 6.07) is 0. The smallest absolute Gasteiger partial charge is 0.404 e. The van der Waals surface area contributed by atoms with Gasteiger partial charge in [-0.1, -0.05) is 0 Å². The van der Waals surface area contributed by atoms with Gasteiger partial charge < -0.3 is 21.1 Å². The molecule has 0 aromatic heterocycles. The van der Waals surface area contributed by atoms with Gasteiger partial charge in [-0.2, -0.15) is 0 Å². The van der Waals surface area contributed by atoms with E-state index in [9.17, 15) is 4.79 Å². The number of rotatable bonds is 7. The number of carbonyl (C=O) groups is 1. The maximum atomic E-state index is 10.1. The van der Waals surface area contributed by atoms with E-state index < -0.39 is 6.09 Å². The molecule has 4 N–H and O–H groups in total. The molecule has 0 aromatic rings. The van der Waals surface area contributed by atoms with E-state index in [1.54, 1.807) is 0 Å². The molecule has 1 amide bonds. The molecule has 0 aromatic carbocycles. The van der Waals surface area contributed by atoms with E-state index in [4.69, 9.17) is 10.8 Å². The van der Waals surface area contributed by atoms with Crippen LogP contribution in [0.4, 0.5) is 4.79 Å². The molecule has 0 aliphatic heterocycles. The van der Waals surface area contributed by atoms with E-state index in [-0.39, 0.29) is 0 Å². The SMILES string of the molecule is CN(CCCN)CCCNC(=O)O. The molecule has 0 saturated carbocycles. The molecule has 0 spiro atoms. The van der Waals surface area contributed by atoms with Crippen LogP contribution in [0, 0.1) is 0 Å². The highest BCUT2D eigenvalue weighted by molar-refractivity contribution is 5.64. The van der Waals surface area contributed by atoms with Crippen molar-refractivity contribution in [1.82, 2.24) is 10.2 Å². The van der Waals surface area contributed by atoms with E-state index in [1.165, 1.54) is 0 Å². The first-order valence-corrected chi connectivity index (χ1v) is 4.52. The van der Waals surface area contributed by atoms with Crippen molar-refractivity contribution in [1.29, 1.82) is 0 Å². The minimum absolute atomic E-state index is 0.516. The lowest BCUT2D eigenvalue weighted by molar-refractivity contribution is 0.193. The molecule has 0 unspecified atom stereocenters. The molecule has 0 bridgehead atoms. The molecule has 5 nitrogen and oxygen atoms in total. The monoisotopic (exact) mass is 189 g/mol. The van der Waals surface area contributed by atoms with Crippen LogP contribution in [0.15, 0.2) is 0 Å². The van der Waals surface area contributed by atoms with Gasteiger partial charge in [0.05, 0.1) is 0 Å². The van der Waals surface area contributed by atoms with Gasteiger partial charge in [0.25, 0.3) is 0 Å². The largest absolute Gasteiger partial charge is 0.465 e. The number of hydrogen-bond donors (Lipinski definition) is 3. The Labute approximate surface area is 78.9 Å². The van der Waals surface area contributed by atoms with Crippen LogP contribution in [-0.4, -0.2) is 49.3 Å². The third kappa shape index (κ3) is 9.10. The van der Waals surface area contributed by atoms with Gasteiger partial charge in [0.2, 0.25) is 0 Å². The maximum absolute atomic E-state index is 10.1. The summed E-state index contributed by atoms with van der Waals surface area (Å²) < 4.78 is 0. The van der Waals surface area contributed by atoms with Gasteiger partial charge in [0.1, 0.15) is 0 Å². The Bertz CT molecular complexity index is 141. The summed E-state index contributed by atoms with van der Waals surface area (Å²) in [5.41, 5.74) is 5.35. The molecule has 0 atom stereocenters. The second-order valence-electron chi connectivity index (χ2n) is 3.03. The van der Waals surface area contributed by atoms with Crippen molar-refractivity contribution in [3.63, 3.8) is 0 Å². The average molecular weight is 189 g/mol. The zero-order valence-corrected chi connectivity index (χ0v) is 8.12. The summed E-state index contributed by atoms with van der Waals surface area (Å²) in [5, 5.41) is 10.6. The average Bonchev–Trinajstić information content (AvgIpc) is 2.08. The van der Waals surface area contributed by atoms with Gasteiger partial charge in [-0.15, -0.1) is 0 Å². The van der Waals surface area contributed by atoms with Gasteiger partial charge in [0, 0.05) is 6.54 Å². The second-order valence-corrected chi connectivity index (χ2v) is 3.03. The number of nitrogens with one attached hydrogen (secondary N) is 1. The van der Waals surface area contributed by atoms with Crippen LogP contribution in [-0.2, 0) is 0 Å². The van der Waals surface area contributed by atoms with Crippen LogP contribution in [0.2, 0.25) is 0 Å². The molecule has 0 rings (SSSR count). The van der Waals surface area contributed by atoms with Crippen LogP contribution in [0.1, 0.15) is 12.8 Å². The Kier molecular flexibility index (Phi) is 7.33. The van der Waals surface area contributed by atoms with Crippen LogP contribution < -0.4 is 11.1 Å². The minimum Gasteiger partial charge on any atom is -0.465 e. The Morgan fingerprint density at radius 1 is 1.46 bits per heavy atom. The highest BCUT2D eigenvalue weighted by atomic mass is 16.4. The molecule has 0 aliphatic rings. The van der Waals surface area contributed by atoms with Crippen molar-refractivity contribution in [2.24, 2.45) is 5.73 Å². The molecule has 0 saturated heterocycles. The Morgan fingerprint density at radius 2 is 2.08 bits per heavy atom. The number of hydrogen-bond acceptors (Lipinski definition) is 3. The van der Waals surface area contributed by atoms with Gasteiger partial charge in [0.15, 0.2) is 0 Å². The number of carboxylic acid groups (broad SMARTS) is 1. The number of nitrogens with two attached hydrogens (primary N) is 1. The van der Waals surface area contributed by atoms with Crippen molar-refractivity contribution in [2.75, 3.05) is 33.2 Å². The Balaban J connectivity index is 3.16. The van der Waals surface area contributed by atoms with Crippen molar-refractivity contribution < 1.29 is 9.90 Å². The van der Waals surface area contributed by atoms with Crippen molar-refractivity contribution in [2.45, 2.75) is 12.8 Å². The van der Waals surface area contributed by atoms with Gasteiger partial charge in [-0.05, 0) is 39.5 Å². The predicted molar refractivity (Wildman–Crippen MR) is 51.8 cm³/mol. The van der Waals surface area contributed by atoms with Crippen molar-refractivity contribution in [3.8, 4) is 0 Å². The number of nitrogens with zero attached hydrogens (tertiary/aromatic N) is 1. The molecular formula is C8H19N3O2. The van der Waals surface area contributed by atoms with Crippen LogP contribution >= 0.6 is 0 Å². The van der Waals surface area contributed by atoms with Gasteiger partial charge in [-0.25, -0.2) is 4.79 Å². The topological polar surface area (TPSA) is 78.6 Å². The van der Waals surface area contributed by atoms with Crippen LogP contribution in [0.25, 0.3) is 0 Å². The zero-order valence-electron chi connectivity index (χ0n) is 8.12. The van der Waals surface area contributed by atoms with Gasteiger partial charge >= 0.3 is 6.09 Å². The standard InChI is InChI=1S/C8H19N3O2/c1-11(6-2-4-9)7-3-5-10-8(12)13/h10H,2-7,9H2,1H3,(H,12,13). The molecule has 13 heavy (non-hydrogen) atoms. The van der Waals surface area contributed by atoms with E-state index in [0.29, 0.717) is 13.1 Å². The summed E-state index contributed by atoms with van der Waals surface area (Å²) in [6.07, 6.45) is 0.876. The van der Waals surface area contributed by atoms with Crippen LogP contribution in [0.3, 0.4) is 0 Å². The summed E-state index contributed by atoms with van der Waals surface area (Å²) in [7, 11) is 2.01. The quantitative estimate of drug-likeness (QED) is 0.490. The Hall–Kier alpha value is -0.810. The van der Waals surface area contributed by atoms with Crippen molar-refractivity contribution >= 4 is 6.09 Å². The fraction of sp³-hybridized carbons (Fsp3) is 0.875. The van der Waals surface area contributed by atoms with Crippen LogP contribution in [0.5, 0.6) is 0 Å². The maximum Gasteiger partial charge on any atom is 0.404 e. The molecule has 0 aliphatic carbocycles. The second kappa shape index (κ2) is 7.82. The molecule has 0 fully saturated rings. The molecule has 5 heteroatoms. The summed E-state index contributed by atoms with van der Waals surface area (Å²) in [4.78, 5) is 12.2. The molecule has 78 valence electrons. The molecular weight excluding hydrogens is 170 g/mol. The lowest BCUT2D eigenvalue weighted by atomic mass is 10.3. The lowest BCUT2D eigenvalue weighted by Gasteiger charge is -2.15. The summed E-state index contributed by atoms with van der Waals surface area (Å²) in [6.45, 7) is 3.10. The first-order valence-electron chi connectivity index (χ1n) is 4.52. The van der Waals surface area contributed by atoms with E-state index in [2.05, 4.69) is 10.2 Å². The molecule has 0 heterocycles. The van der Waals surface area contributed by atoms with Gasteiger partial charge in [-0.3, -0.25) is 0 Å². The van der Waals surface area contributed by atoms with E-state index in [0.717, 1.165) is 25.9 Å². The fourth-order valence-electron chi connectivity index (χ4n) is 1.02. The summed E-state index contributed by atoms with van der Waals surface area (Å²) in [5.74, 6) is 0. The summed E-state index contributed by atoms with van der Waals surface area (Å²) >= 11 is 0. The Morgan fingerprint density at radius 3 is 2.62 bits per heavy atom. The van der Waals surface area contributed by atoms with Crippen molar-refractivity contribution in [3.05, 3.63) is 0 Å². The first-order chi connectivity index (χ1) is 6.16. The van der Waals surface area contributed by atoms with E-state index in [1.807, 2.05) is 7.05 Å². The third-order valence-electron chi connectivity index (χ3n) is 1.74. The fourth-order valence-corrected chi connectivity index (χ4v) is 1.02. The number of amides is 1. The zero-order chi connectivity index (χ0) is 10.1. The molecule has 0 radical (unpaired) electrons. The highest BCUT2D eigenvalue weighted by Crippen LogP contribution is 1.88. The lowest BCUT2D eigenvalue weighted by Crippen LogP contribution is -2.28.